The van der Waals surface area contributed by atoms with Crippen LogP contribution in [0.2, 0.25) is 0 Å². The lowest BCUT2D eigenvalue weighted by molar-refractivity contribution is -0.130. The summed E-state index contributed by atoms with van der Waals surface area (Å²) in [7, 11) is 5.24. The molecule has 0 bridgehead atoms. The van der Waals surface area contributed by atoms with Crippen molar-refractivity contribution in [2.45, 2.75) is 12.5 Å². The number of likely N-dealkylation sites (N-methyl/N-ethyl adjacent to an activating group) is 1. The van der Waals surface area contributed by atoms with Gasteiger partial charge in [-0.05, 0) is 43.5 Å². The van der Waals surface area contributed by atoms with Crippen molar-refractivity contribution >= 4 is 65.2 Å². The van der Waals surface area contributed by atoms with E-state index < -0.39 is 6.04 Å². The Labute approximate surface area is 178 Å². The molecular weight excluding hydrogens is 494 g/mol. The summed E-state index contributed by atoms with van der Waals surface area (Å²) < 4.78 is 4.75. The molecular formula is C19H19Br2N3O2S. The first-order chi connectivity index (χ1) is 12.8. The Morgan fingerprint density at radius 1 is 1.22 bits per heavy atom. The van der Waals surface area contributed by atoms with Crippen LogP contribution in [-0.2, 0) is 18.3 Å². The Balaban J connectivity index is 1.88. The number of halogens is 2. The fourth-order valence-electron chi connectivity index (χ4n) is 2.95. The summed E-state index contributed by atoms with van der Waals surface area (Å²) in [5.41, 5.74) is 2.47. The Kier molecular flexibility index (Phi) is 6.08. The number of aryl methyl sites for hydroxylation is 1. The van der Waals surface area contributed by atoms with E-state index in [1.54, 1.807) is 25.4 Å². The molecule has 0 unspecified atom stereocenters. The van der Waals surface area contributed by atoms with E-state index in [-0.39, 0.29) is 11.8 Å². The number of hydrogen-bond donors (Lipinski definition) is 1. The number of carbonyl (C=O) groups excluding carboxylic acids is 2. The maximum atomic E-state index is 12.9. The molecule has 3 rings (SSSR count). The molecule has 1 aromatic carbocycles. The molecule has 0 aliphatic rings. The number of rotatable bonds is 5. The number of nitrogens with zero attached hydrogens (tertiary/aromatic N) is 2. The zero-order valence-electron chi connectivity index (χ0n) is 15.1. The Morgan fingerprint density at radius 3 is 2.48 bits per heavy atom. The first-order valence-electron chi connectivity index (χ1n) is 8.28. The van der Waals surface area contributed by atoms with Crippen LogP contribution in [0.5, 0.6) is 0 Å². The molecule has 27 heavy (non-hydrogen) atoms. The summed E-state index contributed by atoms with van der Waals surface area (Å²) >= 11 is 8.61. The second-order valence-electron chi connectivity index (χ2n) is 6.44. The van der Waals surface area contributed by atoms with E-state index in [0.29, 0.717) is 12.1 Å². The van der Waals surface area contributed by atoms with Crippen molar-refractivity contribution in [3.63, 3.8) is 0 Å². The molecule has 0 radical (unpaired) electrons. The smallest absolute Gasteiger partial charge is 0.268 e. The molecule has 2 aromatic heterocycles. The standard InChI is InChI=1S/C19H19Br2N3O2S/c1-23(2)19(26)12(9-11-7-5-4-6-8-11)22-18(25)13-10-14-16(24(13)3)15(20)17(21)27-14/h4-8,10,12H,9H2,1-3H3,(H,22,25)/t12-/m0/s1. The number of thiophene rings is 1. The van der Waals surface area contributed by atoms with Crippen molar-refractivity contribution in [1.82, 2.24) is 14.8 Å². The maximum Gasteiger partial charge on any atom is 0.268 e. The van der Waals surface area contributed by atoms with Gasteiger partial charge >= 0.3 is 0 Å². The van der Waals surface area contributed by atoms with Gasteiger partial charge in [-0.3, -0.25) is 9.59 Å². The van der Waals surface area contributed by atoms with E-state index in [9.17, 15) is 9.59 Å². The highest BCUT2D eigenvalue weighted by Gasteiger charge is 2.26. The van der Waals surface area contributed by atoms with E-state index in [0.717, 1.165) is 24.0 Å². The van der Waals surface area contributed by atoms with Gasteiger partial charge in [-0.2, -0.15) is 0 Å². The molecule has 142 valence electrons. The summed E-state index contributed by atoms with van der Waals surface area (Å²) in [5.74, 6) is -0.396. The van der Waals surface area contributed by atoms with E-state index >= 15 is 0 Å². The third-order valence-corrected chi connectivity index (χ3v) is 7.70. The van der Waals surface area contributed by atoms with Crippen molar-refractivity contribution in [2.75, 3.05) is 14.1 Å². The summed E-state index contributed by atoms with van der Waals surface area (Å²) in [6.07, 6.45) is 0.442. The van der Waals surface area contributed by atoms with Crippen molar-refractivity contribution < 1.29 is 9.59 Å². The van der Waals surface area contributed by atoms with Gasteiger partial charge in [0.2, 0.25) is 5.91 Å². The third-order valence-electron chi connectivity index (χ3n) is 4.34. The van der Waals surface area contributed by atoms with Crippen LogP contribution < -0.4 is 5.32 Å². The normalized spacial score (nSPS) is 12.2. The predicted molar refractivity (Wildman–Crippen MR) is 116 cm³/mol. The van der Waals surface area contributed by atoms with Gasteiger partial charge in [0.1, 0.15) is 11.7 Å². The molecule has 1 atom stereocenters. The van der Waals surface area contributed by atoms with Crippen LogP contribution in [0.25, 0.3) is 10.2 Å². The van der Waals surface area contributed by atoms with Crippen LogP contribution >= 0.6 is 43.2 Å². The zero-order chi connectivity index (χ0) is 19.7. The Morgan fingerprint density at radius 2 is 1.89 bits per heavy atom. The Hall–Kier alpha value is -1.64. The highest BCUT2D eigenvalue weighted by atomic mass is 79.9. The molecule has 0 spiro atoms. The number of fused-ring (bicyclic) bond motifs is 1. The first-order valence-corrected chi connectivity index (χ1v) is 10.7. The van der Waals surface area contributed by atoms with E-state index in [1.807, 2.05) is 48.0 Å². The van der Waals surface area contributed by atoms with Crippen molar-refractivity contribution in [1.29, 1.82) is 0 Å². The largest absolute Gasteiger partial charge is 0.347 e. The van der Waals surface area contributed by atoms with Gasteiger partial charge in [0.25, 0.3) is 5.91 Å². The molecule has 2 heterocycles. The average Bonchev–Trinajstić information content (AvgIpc) is 3.10. The predicted octanol–water partition coefficient (Wildman–Crippen LogP) is 4.19. The summed E-state index contributed by atoms with van der Waals surface area (Å²) in [4.78, 5) is 27.0. The monoisotopic (exact) mass is 511 g/mol. The highest BCUT2D eigenvalue weighted by Crippen LogP contribution is 2.40. The molecule has 2 amide bonds. The summed E-state index contributed by atoms with van der Waals surface area (Å²) in [5, 5.41) is 2.92. The second kappa shape index (κ2) is 8.16. The lowest BCUT2D eigenvalue weighted by atomic mass is 10.0. The van der Waals surface area contributed by atoms with Crippen molar-refractivity contribution in [3.8, 4) is 0 Å². The van der Waals surface area contributed by atoms with Crippen LogP contribution in [0.4, 0.5) is 0 Å². The fraction of sp³-hybridized carbons (Fsp3) is 0.263. The van der Waals surface area contributed by atoms with E-state index in [1.165, 1.54) is 4.90 Å². The molecule has 0 aliphatic carbocycles. The van der Waals surface area contributed by atoms with Gasteiger partial charge in [-0.25, -0.2) is 0 Å². The lowest BCUT2D eigenvalue weighted by Crippen LogP contribution is -2.47. The number of aromatic nitrogens is 1. The van der Waals surface area contributed by atoms with Crippen molar-refractivity contribution in [2.24, 2.45) is 7.05 Å². The van der Waals surface area contributed by atoms with Crippen molar-refractivity contribution in [3.05, 3.63) is 55.9 Å². The Bertz CT molecular complexity index is 995. The minimum atomic E-state index is -0.627. The van der Waals surface area contributed by atoms with Crippen LogP contribution in [0.15, 0.2) is 44.7 Å². The van der Waals surface area contributed by atoms with Gasteiger partial charge < -0.3 is 14.8 Å². The molecule has 0 saturated carbocycles. The number of amides is 2. The van der Waals surface area contributed by atoms with Crippen LogP contribution in [0.1, 0.15) is 16.1 Å². The first kappa shape index (κ1) is 20.1. The SMILES string of the molecule is CN(C)C(=O)[C@H](Cc1ccccc1)NC(=O)c1cc2sc(Br)c(Br)c2n1C. The van der Waals surface area contributed by atoms with Gasteiger partial charge in [0.15, 0.2) is 0 Å². The molecule has 1 N–H and O–H groups in total. The average molecular weight is 513 g/mol. The maximum absolute atomic E-state index is 12.9. The molecule has 3 aromatic rings. The summed E-state index contributed by atoms with van der Waals surface area (Å²) in [6, 6.07) is 10.9. The van der Waals surface area contributed by atoms with Crippen LogP contribution in [0, 0.1) is 0 Å². The number of hydrogen-bond acceptors (Lipinski definition) is 3. The van der Waals surface area contributed by atoms with Crippen LogP contribution in [0.3, 0.4) is 0 Å². The summed E-state index contributed by atoms with van der Waals surface area (Å²) in [6.45, 7) is 0. The highest BCUT2D eigenvalue weighted by molar-refractivity contribution is 9.13. The molecule has 0 saturated heterocycles. The zero-order valence-corrected chi connectivity index (χ0v) is 19.1. The number of carbonyl (C=O) groups is 2. The van der Waals surface area contributed by atoms with E-state index in [4.69, 9.17) is 0 Å². The topological polar surface area (TPSA) is 54.3 Å². The quantitative estimate of drug-likeness (QED) is 0.557. The van der Waals surface area contributed by atoms with E-state index in [2.05, 4.69) is 37.2 Å². The minimum Gasteiger partial charge on any atom is -0.347 e. The minimum absolute atomic E-state index is 0.132. The molecule has 5 nitrogen and oxygen atoms in total. The molecule has 0 fully saturated rings. The molecule has 8 heteroatoms. The third kappa shape index (κ3) is 4.12. The van der Waals surface area contributed by atoms with Gasteiger partial charge in [0, 0.05) is 27.6 Å². The number of nitrogens with one attached hydrogen (secondary N) is 1. The molecule has 0 aliphatic heterocycles. The van der Waals surface area contributed by atoms with Gasteiger partial charge in [0.05, 0.1) is 18.5 Å². The van der Waals surface area contributed by atoms with Crippen LogP contribution in [-0.4, -0.2) is 41.4 Å². The lowest BCUT2D eigenvalue weighted by Gasteiger charge is -2.22. The van der Waals surface area contributed by atoms with Gasteiger partial charge in [-0.1, -0.05) is 30.3 Å². The number of benzene rings is 1. The van der Waals surface area contributed by atoms with Gasteiger partial charge in [-0.15, -0.1) is 11.3 Å². The second-order valence-corrected chi connectivity index (χ2v) is 9.60. The fourth-order valence-corrected chi connectivity index (χ4v) is 5.40.